The van der Waals surface area contributed by atoms with Crippen molar-refractivity contribution in [2.24, 2.45) is 5.73 Å². The highest BCUT2D eigenvalue weighted by atomic mass is 79.9. The van der Waals surface area contributed by atoms with Crippen LogP contribution < -0.4 is 11.5 Å². The molecule has 0 unspecified atom stereocenters. The minimum Gasteiger partial charge on any atom is -0.461 e. The summed E-state index contributed by atoms with van der Waals surface area (Å²) in [5.41, 5.74) is 11.9. The summed E-state index contributed by atoms with van der Waals surface area (Å²) in [5.74, 6) is -1.23. The molecular formula is C13H13BrN4O3. The molecule has 0 fully saturated rings. The van der Waals surface area contributed by atoms with E-state index in [0.717, 1.165) is 4.47 Å². The predicted molar refractivity (Wildman–Crippen MR) is 80.2 cm³/mol. The zero-order valence-electron chi connectivity index (χ0n) is 11.2. The van der Waals surface area contributed by atoms with Crippen molar-refractivity contribution in [2.45, 2.75) is 6.92 Å². The zero-order chi connectivity index (χ0) is 15.6. The summed E-state index contributed by atoms with van der Waals surface area (Å²) in [6.07, 6.45) is 1.43. The van der Waals surface area contributed by atoms with Crippen LogP contribution in [0.5, 0.6) is 0 Å². The monoisotopic (exact) mass is 352 g/mol. The Hall–Kier alpha value is -2.35. The fourth-order valence-electron chi connectivity index (χ4n) is 1.77. The van der Waals surface area contributed by atoms with Gasteiger partial charge in [-0.15, -0.1) is 0 Å². The Labute approximate surface area is 129 Å². The molecule has 1 heterocycles. The number of nitrogens with two attached hydrogens (primary N) is 2. The van der Waals surface area contributed by atoms with Gasteiger partial charge >= 0.3 is 5.97 Å². The molecular weight excluding hydrogens is 340 g/mol. The molecule has 0 aliphatic rings. The first-order valence-corrected chi connectivity index (χ1v) is 6.85. The summed E-state index contributed by atoms with van der Waals surface area (Å²) in [7, 11) is 0. The van der Waals surface area contributed by atoms with E-state index in [9.17, 15) is 9.59 Å². The van der Waals surface area contributed by atoms with Gasteiger partial charge in [0, 0.05) is 4.47 Å². The number of aromatic nitrogens is 2. The van der Waals surface area contributed by atoms with E-state index in [2.05, 4.69) is 21.0 Å². The fraction of sp³-hybridized carbons (Fsp3) is 0.154. The lowest BCUT2D eigenvalue weighted by Crippen LogP contribution is -2.15. The van der Waals surface area contributed by atoms with E-state index in [-0.39, 0.29) is 23.6 Å². The fourth-order valence-corrected chi connectivity index (χ4v) is 2.12. The van der Waals surface area contributed by atoms with Crippen LogP contribution in [0.2, 0.25) is 0 Å². The molecule has 2 rings (SSSR count). The van der Waals surface area contributed by atoms with Gasteiger partial charge in [0.1, 0.15) is 0 Å². The summed E-state index contributed by atoms with van der Waals surface area (Å²) < 4.78 is 6.92. The standard InChI is InChI=1S/C13H13BrN4O3/c1-2-21-13(20)11-9(15)6-18(17-11)10-5-7(14)3-4-8(10)12(16)19/h3-6H,2,15H2,1H3,(H2,16,19). The molecule has 0 saturated carbocycles. The Morgan fingerprint density at radius 1 is 1.43 bits per heavy atom. The van der Waals surface area contributed by atoms with Gasteiger partial charge in [0.15, 0.2) is 5.69 Å². The second-order valence-corrected chi connectivity index (χ2v) is 5.04. The van der Waals surface area contributed by atoms with E-state index in [1.165, 1.54) is 10.9 Å². The largest absolute Gasteiger partial charge is 0.461 e. The van der Waals surface area contributed by atoms with Crippen LogP contribution in [0.1, 0.15) is 27.8 Å². The molecule has 0 radical (unpaired) electrons. The molecule has 4 N–H and O–H groups in total. The highest BCUT2D eigenvalue weighted by Gasteiger charge is 2.19. The average molecular weight is 353 g/mol. The summed E-state index contributed by atoms with van der Waals surface area (Å²) in [5, 5.41) is 4.07. The van der Waals surface area contributed by atoms with Crippen LogP contribution in [0.4, 0.5) is 5.69 Å². The van der Waals surface area contributed by atoms with Crippen molar-refractivity contribution in [1.29, 1.82) is 0 Å². The van der Waals surface area contributed by atoms with Crippen LogP contribution in [0.3, 0.4) is 0 Å². The SMILES string of the molecule is CCOC(=O)c1nn(-c2cc(Br)ccc2C(N)=O)cc1N. The smallest absolute Gasteiger partial charge is 0.361 e. The Morgan fingerprint density at radius 3 is 2.76 bits per heavy atom. The minimum absolute atomic E-state index is 0.00718. The van der Waals surface area contributed by atoms with E-state index in [4.69, 9.17) is 16.2 Å². The van der Waals surface area contributed by atoms with Gasteiger partial charge in [0.25, 0.3) is 5.91 Å². The van der Waals surface area contributed by atoms with E-state index in [1.54, 1.807) is 25.1 Å². The van der Waals surface area contributed by atoms with E-state index < -0.39 is 11.9 Å². The van der Waals surface area contributed by atoms with Crippen LogP contribution >= 0.6 is 15.9 Å². The first-order chi connectivity index (χ1) is 9.93. The number of amides is 1. The summed E-state index contributed by atoms with van der Waals surface area (Å²) in [6.45, 7) is 1.90. The molecule has 2 aromatic rings. The molecule has 0 aliphatic carbocycles. The molecule has 0 atom stereocenters. The molecule has 0 bridgehead atoms. The lowest BCUT2D eigenvalue weighted by atomic mass is 10.1. The van der Waals surface area contributed by atoms with Crippen LogP contribution in [0, 0.1) is 0 Å². The number of hydrogen-bond donors (Lipinski definition) is 2. The van der Waals surface area contributed by atoms with Gasteiger partial charge in [0.2, 0.25) is 0 Å². The van der Waals surface area contributed by atoms with Crippen molar-refractivity contribution in [1.82, 2.24) is 9.78 Å². The summed E-state index contributed by atoms with van der Waals surface area (Å²) in [4.78, 5) is 23.2. The number of anilines is 1. The van der Waals surface area contributed by atoms with Crippen LogP contribution in [-0.4, -0.2) is 28.3 Å². The maximum Gasteiger partial charge on any atom is 0.361 e. The number of carbonyl (C=O) groups is 2. The third-order valence-corrected chi connectivity index (χ3v) is 3.18. The number of nitrogens with zero attached hydrogens (tertiary/aromatic N) is 2. The molecule has 8 heteroatoms. The van der Waals surface area contributed by atoms with Crippen molar-refractivity contribution in [3.63, 3.8) is 0 Å². The second-order valence-electron chi connectivity index (χ2n) is 4.12. The van der Waals surface area contributed by atoms with E-state index in [1.807, 2.05) is 0 Å². The van der Waals surface area contributed by atoms with E-state index in [0.29, 0.717) is 5.69 Å². The number of benzene rings is 1. The lowest BCUT2D eigenvalue weighted by Gasteiger charge is -2.07. The third kappa shape index (κ3) is 3.05. The number of carbonyl (C=O) groups excluding carboxylic acids is 2. The topological polar surface area (TPSA) is 113 Å². The normalized spacial score (nSPS) is 10.4. The van der Waals surface area contributed by atoms with Crippen molar-refractivity contribution in [2.75, 3.05) is 12.3 Å². The quantitative estimate of drug-likeness (QED) is 0.809. The van der Waals surface area contributed by atoms with Gasteiger partial charge in [-0.2, -0.15) is 5.10 Å². The Bertz CT molecular complexity index is 711. The predicted octanol–water partition coefficient (Wildman–Crippen LogP) is 1.49. The molecule has 110 valence electrons. The van der Waals surface area contributed by atoms with Crippen molar-refractivity contribution < 1.29 is 14.3 Å². The van der Waals surface area contributed by atoms with Crippen molar-refractivity contribution >= 4 is 33.5 Å². The maximum atomic E-state index is 11.7. The van der Waals surface area contributed by atoms with Gasteiger partial charge in [-0.25, -0.2) is 9.48 Å². The molecule has 0 spiro atoms. The summed E-state index contributed by atoms with van der Waals surface area (Å²) >= 11 is 3.31. The van der Waals surface area contributed by atoms with Crippen LogP contribution in [0.25, 0.3) is 5.69 Å². The Kier molecular flexibility index (Phi) is 4.27. The molecule has 21 heavy (non-hydrogen) atoms. The molecule has 7 nitrogen and oxygen atoms in total. The average Bonchev–Trinajstić information content (AvgIpc) is 2.80. The van der Waals surface area contributed by atoms with Gasteiger partial charge in [-0.1, -0.05) is 15.9 Å². The number of primary amides is 1. The Balaban J connectivity index is 2.53. The molecule has 0 aliphatic heterocycles. The number of nitrogen functional groups attached to an aromatic ring is 1. The van der Waals surface area contributed by atoms with Gasteiger partial charge in [-0.05, 0) is 25.1 Å². The second kappa shape index (κ2) is 5.96. The van der Waals surface area contributed by atoms with Crippen LogP contribution in [-0.2, 0) is 4.74 Å². The first-order valence-electron chi connectivity index (χ1n) is 6.06. The Morgan fingerprint density at radius 2 is 2.14 bits per heavy atom. The number of halogens is 1. The highest BCUT2D eigenvalue weighted by molar-refractivity contribution is 9.10. The van der Waals surface area contributed by atoms with E-state index >= 15 is 0 Å². The molecule has 1 amide bonds. The lowest BCUT2D eigenvalue weighted by molar-refractivity contribution is 0.0520. The molecule has 1 aromatic heterocycles. The maximum absolute atomic E-state index is 11.7. The van der Waals surface area contributed by atoms with Crippen molar-refractivity contribution in [3.05, 3.63) is 40.1 Å². The minimum atomic E-state index is -0.621. The number of rotatable bonds is 4. The van der Waals surface area contributed by atoms with Gasteiger partial charge < -0.3 is 16.2 Å². The zero-order valence-corrected chi connectivity index (χ0v) is 12.8. The molecule has 1 aromatic carbocycles. The summed E-state index contributed by atoms with van der Waals surface area (Å²) in [6, 6.07) is 4.90. The third-order valence-electron chi connectivity index (χ3n) is 2.68. The number of ether oxygens (including phenoxy) is 1. The van der Waals surface area contributed by atoms with Gasteiger partial charge in [-0.3, -0.25) is 4.79 Å². The number of esters is 1. The van der Waals surface area contributed by atoms with Crippen molar-refractivity contribution in [3.8, 4) is 5.69 Å². The highest BCUT2D eigenvalue weighted by Crippen LogP contribution is 2.22. The molecule has 0 saturated heterocycles. The first kappa shape index (κ1) is 15.0. The van der Waals surface area contributed by atoms with Gasteiger partial charge in [0.05, 0.1) is 29.7 Å². The number of hydrogen-bond acceptors (Lipinski definition) is 5. The van der Waals surface area contributed by atoms with Crippen LogP contribution in [0.15, 0.2) is 28.9 Å².